The first-order chi connectivity index (χ1) is 18.7. The van der Waals surface area contributed by atoms with E-state index >= 15 is 0 Å². The molecule has 2 N–H and O–H groups in total. The molecular formula is C28H40ClN5O4S. The molecule has 1 aliphatic rings. The zero-order valence-electron chi connectivity index (χ0n) is 23.3. The number of hydrogen-bond acceptors (Lipinski definition) is 7. The Balaban J connectivity index is 1.49. The second-order valence-electron chi connectivity index (χ2n) is 9.93. The maximum atomic E-state index is 13.1. The van der Waals surface area contributed by atoms with Gasteiger partial charge in [0.05, 0.1) is 24.3 Å². The number of rotatable bonds is 12. The van der Waals surface area contributed by atoms with E-state index in [0.717, 1.165) is 43.5 Å². The van der Waals surface area contributed by atoms with E-state index in [-0.39, 0.29) is 36.9 Å². The summed E-state index contributed by atoms with van der Waals surface area (Å²) >= 11 is 7.61. The minimum atomic E-state index is -0.309. The van der Waals surface area contributed by atoms with Crippen molar-refractivity contribution in [2.45, 2.75) is 72.0 Å². The molecule has 214 valence electrons. The summed E-state index contributed by atoms with van der Waals surface area (Å²) in [6.07, 6.45) is 2.70. The summed E-state index contributed by atoms with van der Waals surface area (Å²) in [5, 5.41) is 10.4. The van der Waals surface area contributed by atoms with Gasteiger partial charge in [-0.25, -0.2) is 9.78 Å². The van der Waals surface area contributed by atoms with Crippen molar-refractivity contribution in [1.29, 1.82) is 0 Å². The molecular weight excluding hydrogens is 538 g/mol. The standard InChI is InChI=1S/C28H40ClN5O4S/c1-5-38-25(35)7-12-31-28(37)34(17-22-10-15-39-18-22)23-8-13-33(14-9-23)20(3)6-11-30-27(36)26-19(2)16-24(29)32-21(26)4/h10,15-16,18,20,23H,5-9,11-14,17H2,1-4H3,(H,30,36)(H,31,37)/t20-/m1/s1. The Labute approximate surface area is 240 Å². The average Bonchev–Trinajstić information content (AvgIpc) is 3.40. The first kappa shape index (κ1) is 30.8. The van der Waals surface area contributed by atoms with Gasteiger partial charge in [-0.05, 0) is 81.0 Å². The van der Waals surface area contributed by atoms with Gasteiger partial charge in [-0.3, -0.25) is 9.59 Å². The Kier molecular flexibility index (Phi) is 12.0. The van der Waals surface area contributed by atoms with Crippen molar-refractivity contribution < 1.29 is 19.1 Å². The van der Waals surface area contributed by atoms with E-state index in [2.05, 4.69) is 32.8 Å². The first-order valence-corrected chi connectivity index (χ1v) is 14.9. The monoisotopic (exact) mass is 577 g/mol. The van der Waals surface area contributed by atoms with E-state index < -0.39 is 0 Å². The number of hydrogen-bond donors (Lipinski definition) is 2. The highest BCUT2D eigenvalue weighted by atomic mass is 35.5. The van der Waals surface area contributed by atoms with Crippen LogP contribution in [-0.2, 0) is 16.1 Å². The number of likely N-dealkylation sites (tertiary alicyclic amines) is 1. The van der Waals surface area contributed by atoms with Gasteiger partial charge >= 0.3 is 12.0 Å². The van der Waals surface area contributed by atoms with E-state index in [0.29, 0.717) is 42.1 Å². The van der Waals surface area contributed by atoms with Crippen LogP contribution in [0.4, 0.5) is 4.79 Å². The lowest BCUT2D eigenvalue weighted by Gasteiger charge is -2.40. The maximum Gasteiger partial charge on any atom is 0.317 e. The maximum absolute atomic E-state index is 13.1. The van der Waals surface area contributed by atoms with Crippen molar-refractivity contribution in [2.75, 3.05) is 32.8 Å². The van der Waals surface area contributed by atoms with Gasteiger partial charge in [-0.1, -0.05) is 11.6 Å². The zero-order valence-corrected chi connectivity index (χ0v) is 24.9. The fourth-order valence-electron chi connectivity index (χ4n) is 4.98. The number of urea groups is 1. The van der Waals surface area contributed by atoms with Gasteiger partial charge in [0, 0.05) is 44.8 Å². The normalized spacial score (nSPS) is 15.0. The quantitative estimate of drug-likeness (QED) is 0.283. The number of amides is 3. The third-order valence-electron chi connectivity index (χ3n) is 7.11. The number of aromatic nitrogens is 1. The minimum Gasteiger partial charge on any atom is -0.466 e. The van der Waals surface area contributed by atoms with Crippen LogP contribution in [0.25, 0.3) is 0 Å². The van der Waals surface area contributed by atoms with E-state index in [1.165, 1.54) is 0 Å². The summed E-state index contributed by atoms with van der Waals surface area (Å²) in [6, 6.07) is 4.00. The van der Waals surface area contributed by atoms with Gasteiger partial charge < -0.3 is 25.2 Å². The predicted molar refractivity (Wildman–Crippen MR) is 154 cm³/mol. The van der Waals surface area contributed by atoms with Crippen LogP contribution < -0.4 is 10.6 Å². The second-order valence-corrected chi connectivity index (χ2v) is 11.1. The molecule has 1 aliphatic heterocycles. The third kappa shape index (κ3) is 9.19. The summed E-state index contributed by atoms with van der Waals surface area (Å²) in [5.41, 5.74) is 3.13. The lowest BCUT2D eigenvalue weighted by atomic mass is 10.0. The minimum absolute atomic E-state index is 0.110. The number of nitrogens with one attached hydrogen (secondary N) is 2. The van der Waals surface area contributed by atoms with Crippen molar-refractivity contribution in [3.05, 3.63) is 50.4 Å². The molecule has 2 aromatic rings. The molecule has 0 bridgehead atoms. The molecule has 11 heteroatoms. The molecule has 1 atom stereocenters. The topological polar surface area (TPSA) is 104 Å². The summed E-state index contributed by atoms with van der Waals surface area (Å²) in [6.45, 7) is 11.0. The Hall–Kier alpha value is -2.69. The number of carbonyl (C=O) groups excluding carboxylic acids is 3. The summed E-state index contributed by atoms with van der Waals surface area (Å²) in [7, 11) is 0. The number of aryl methyl sites for hydroxylation is 2. The van der Waals surface area contributed by atoms with Crippen molar-refractivity contribution in [1.82, 2.24) is 25.4 Å². The summed E-state index contributed by atoms with van der Waals surface area (Å²) in [5.74, 6) is -0.436. The highest BCUT2D eigenvalue weighted by Crippen LogP contribution is 2.22. The largest absolute Gasteiger partial charge is 0.466 e. The van der Waals surface area contributed by atoms with E-state index in [1.807, 2.05) is 23.3 Å². The smallest absolute Gasteiger partial charge is 0.317 e. The zero-order chi connectivity index (χ0) is 28.4. The van der Waals surface area contributed by atoms with Crippen LogP contribution in [0, 0.1) is 13.8 Å². The van der Waals surface area contributed by atoms with Gasteiger partial charge in [-0.2, -0.15) is 11.3 Å². The van der Waals surface area contributed by atoms with Crippen LogP contribution in [0.5, 0.6) is 0 Å². The fraction of sp³-hybridized carbons (Fsp3) is 0.571. The lowest BCUT2D eigenvalue weighted by Crippen LogP contribution is -2.52. The second kappa shape index (κ2) is 15.2. The Morgan fingerprint density at radius 1 is 1.23 bits per heavy atom. The molecule has 0 spiro atoms. The van der Waals surface area contributed by atoms with Crippen LogP contribution in [0.15, 0.2) is 22.9 Å². The molecule has 0 unspecified atom stereocenters. The van der Waals surface area contributed by atoms with Crippen LogP contribution in [0.2, 0.25) is 5.15 Å². The highest BCUT2D eigenvalue weighted by Gasteiger charge is 2.30. The molecule has 0 aromatic carbocycles. The van der Waals surface area contributed by atoms with E-state index in [9.17, 15) is 14.4 Å². The molecule has 39 heavy (non-hydrogen) atoms. The molecule has 3 rings (SSSR count). The van der Waals surface area contributed by atoms with Crippen LogP contribution >= 0.6 is 22.9 Å². The summed E-state index contributed by atoms with van der Waals surface area (Å²) < 4.78 is 4.96. The molecule has 0 aliphatic carbocycles. The Morgan fingerprint density at radius 2 is 1.97 bits per heavy atom. The van der Waals surface area contributed by atoms with Crippen LogP contribution in [-0.4, -0.2) is 77.6 Å². The fourth-order valence-corrected chi connectivity index (χ4v) is 5.93. The van der Waals surface area contributed by atoms with Crippen molar-refractivity contribution in [3.63, 3.8) is 0 Å². The van der Waals surface area contributed by atoms with Gasteiger partial charge in [0.15, 0.2) is 0 Å². The summed E-state index contributed by atoms with van der Waals surface area (Å²) in [4.78, 5) is 46.0. The number of piperidine rings is 1. The lowest BCUT2D eigenvalue weighted by molar-refractivity contribution is -0.142. The number of thiophene rings is 1. The molecule has 0 radical (unpaired) electrons. The third-order valence-corrected chi connectivity index (χ3v) is 8.03. The van der Waals surface area contributed by atoms with Gasteiger partial charge in [-0.15, -0.1) is 0 Å². The predicted octanol–water partition coefficient (Wildman–Crippen LogP) is 4.55. The molecule has 1 saturated heterocycles. The number of nitrogens with zero attached hydrogens (tertiary/aromatic N) is 3. The van der Waals surface area contributed by atoms with Gasteiger partial charge in [0.1, 0.15) is 5.15 Å². The number of pyridine rings is 1. The van der Waals surface area contributed by atoms with Gasteiger partial charge in [0.25, 0.3) is 5.91 Å². The molecule has 0 saturated carbocycles. The Bertz CT molecular complexity index is 1080. The molecule has 2 aromatic heterocycles. The van der Waals surface area contributed by atoms with Crippen LogP contribution in [0.3, 0.4) is 0 Å². The Morgan fingerprint density at radius 3 is 2.62 bits per heavy atom. The van der Waals surface area contributed by atoms with Crippen molar-refractivity contribution in [2.24, 2.45) is 0 Å². The van der Waals surface area contributed by atoms with Crippen LogP contribution in [0.1, 0.15) is 66.7 Å². The number of esters is 1. The number of carbonyl (C=O) groups is 3. The molecule has 3 heterocycles. The molecule has 1 fully saturated rings. The number of ether oxygens (including phenoxy) is 1. The first-order valence-electron chi connectivity index (χ1n) is 13.6. The average molecular weight is 578 g/mol. The van der Waals surface area contributed by atoms with E-state index in [1.54, 1.807) is 31.3 Å². The molecule has 3 amide bonds. The van der Waals surface area contributed by atoms with E-state index in [4.69, 9.17) is 16.3 Å². The van der Waals surface area contributed by atoms with Gasteiger partial charge in [0.2, 0.25) is 0 Å². The SMILES string of the molecule is CCOC(=O)CCNC(=O)N(Cc1ccsc1)C1CCN([C@H](C)CCNC(=O)c2c(C)cc(Cl)nc2C)CC1. The number of halogens is 1. The van der Waals surface area contributed by atoms with Crippen molar-refractivity contribution >= 4 is 40.8 Å². The van der Waals surface area contributed by atoms with Crippen molar-refractivity contribution in [3.8, 4) is 0 Å². The highest BCUT2D eigenvalue weighted by molar-refractivity contribution is 7.07. The molecule has 9 nitrogen and oxygen atoms in total.